The summed E-state index contributed by atoms with van der Waals surface area (Å²) in [6.45, 7) is 4.01. The van der Waals surface area contributed by atoms with E-state index in [1.807, 2.05) is 44.2 Å². The summed E-state index contributed by atoms with van der Waals surface area (Å²) in [4.78, 5) is 0. The highest BCUT2D eigenvalue weighted by Crippen LogP contribution is 2.41. The largest absolute Gasteiger partial charge is 0.508 e. The lowest BCUT2D eigenvalue weighted by Gasteiger charge is -2.31. The number of rotatable bonds is 2. The standard InChI is InChI=1S/C18H18O3/c1-18(2)11-16(12-4-7-14(20-3)8-5-12)15-9-6-13(19)10-17(15)21-18/h4-11,19H,1-3H3. The minimum atomic E-state index is -0.421. The molecule has 1 heterocycles. The van der Waals surface area contributed by atoms with Crippen LogP contribution in [-0.2, 0) is 0 Å². The van der Waals surface area contributed by atoms with Gasteiger partial charge in [0.2, 0.25) is 0 Å². The van der Waals surface area contributed by atoms with Crippen LogP contribution in [0.3, 0.4) is 0 Å². The van der Waals surface area contributed by atoms with Gasteiger partial charge in [-0.1, -0.05) is 12.1 Å². The third-order valence-electron chi connectivity index (χ3n) is 3.52. The molecule has 1 N–H and O–H groups in total. The van der Waals surface area contributed by atoms with E-state index >= 15 is 0 Å². The Bertz CT molecular complexity index is 697. The summed E-state index contributed by atoms with van der Waals surface area (Å²) in [7, 11) is 1.66. The highest BCUT2D eigenvalue weighted by atomic mass is 16.5. The Morgan fingerprint density at radius 3 is 2.43 bits per heavy atom. The van der Waals surface area contributed by atoms with Crippen molar-refractivity contribution in [2.75, 3.05) is 7.11 Å². The molecule has 0 amide bonds. The average Bonchev–Trinajstić information content (AvgIpc) is 2.45. The first-order valence-electron chi connectivity index (χ1n) is 6.88. The fraction of sp³-hybridized carbons (Fsp3) is 0.222. The van der Waals surface area contributed by atoms with Gasteiger partial charge in [-0.2, -0.15) is 0 Å². The van der Waals surface area contributed by atoms with E-state index in [-0.39, 0.29) is 5.75 Å². The maximum Gasteiger partial charge on any atom is 0.132 e. The van der Waals surface area contributed by atoms with Crippen LogP contribution >= 0.6 is 0 Å². The van der Waals surface area contributed by atoms with Crippen molar-refractivity contribution in [3.05, 3.63) is 59.7 Å². The molecule has 3 rings (SSSR count). The molecule has 1 aliphatic heterocycles. The lowest BCUT2D eigenvalue weighted by atomic mass is 9.90. The number of phenols is 1. The number of fused-ring (bicyclic) bond motifs is 1. The van der Waals surface area contributed by atoms with E-state index in [2.05, 4.69) is 6.08 Å². The Balaban J connectivity index is 2.12. The maximum atomic E-state index is 9.67. The van der Waals surface area contributed by atoms with Gasteiger partial charge in [0, 0.05) is 11.6 Å². The Hall–Kier alpha value is -2.42. The molecule has 2 aromatic rings. The molecule has 0 spiro atoms. The van der Waals surface area contributed by atoms with Crippen molar-refractivity contribution in [2.45, 2.75) is 19.4 Å². The molecule has 2 aromatic carbocycles. The van der Waals surface area contributed by atoms with Crippen LogP contribution in [-0.4, -0.2) is 17.8 Å². The molecular formula is C18H18O3. The fourth-order valence-electron chi connectivity index (χ4n) is 2.57. The minimum Gasteiger partial charge on any atom is -0.508 e. The van der Waals surface area contributed by atoms with Gasteiger partial charge in [0.05, 0.1) is 7.11 Å². The zero-order valence-electron chi connectivity index (χ0n) is 12.4. The van der Waals surface area contributed by atoms with Crippen molar-refractivity contribution in [3.63, 3.8) is 0 Å². The Morgan fingerprint density at radius 1 is 1.05 bits per heavy atom. The lowest BCUT2D eigenvalue weighted by molar-refractivity contribution is 0.157. The van der Waals surface area contributed by atoms with Crippen LogP contribution in [0, 0.1) is 0 Å². The van der Waals surface area contributed by atoms with E-state index < -0.39 is 5.60 Å². The first kappa shape index (κ1) is 13.6. The third kappa shape index (κ3) is 2.59. The number of hydrogen-bond donors (Lipinski definition) is 1. The van der Waals surface area contributed by atoms with E-state index in [1.165, 1.54) is 0 Å². The number of aromatic hydroxyl groups is 1. The fourth-order valence-corrected chi connectivity index (χ4v) is 2.57. The zero-order valence-corrected chi connectivity index (χ0v) is 12.4. The van der Waals surface area contributed by atoms with Crippen LogP contribution in [0.1, 0.15) is 25.0 Å². The monoisotopic (exact) mass is 282 g/mol. The van der Waals surface area contributed by atoms with E-state index in [4.69, 9.17) is 9.47 Å². The van der Waals surface area contributed by atoms with E-state index in [9.17, 15) is 5.11 Å². The van der Waals surface area contributed by atoms with Crippen LogP contribution in [0.25, 0.3) is 5.57 Å². The van der Waals surface area contributed by atoms with E-state index in [0.717, 1.165) is 22.4 Å². The van der Waals surface area contributed by atoms with Crippen molar-refractivity contribution < 1.29 is 14.6 Å². The molecule has 108 valence electrons. The number of benzene rings is 2. The van der Waals surface area contributed by atoms with Gasteiger partial charge in [0.1, 0.15) is 22.8 Å². The molecule has 0 unspecified atom stereocenters. The molecule has 21 heavy (non-hydrogen) atoms. The van der Waals surface area contributed by atoms with Gasteiger partial charge < -0.3 is 14.6 Å². The summed E-state index contributed by atoms with van der Waals surface area (Å²) in [5.74, 6) is 1.74. The second kappa shape index (κ2) is 4.85. The van der Waals surface area contributed by atoms with Crippen LogP contribution in [0.2, 0.25) is 0 Å². The number of ether oxygens (including phenoxy) is 2. The SMILES string of the molecule is COc1ccc(C2=CC(C)(C)Oc3cc(O)ccc32)cc1. The van der Waals surface area contributed by atoms with Crippen molar-refractivity contribution in [1.29, 1.82) is 0 Å². The van der Waals surface area contributed by atoms with Gasteiger partial charge >= 0.3 is 0 Å². The molecule has 0 aliphatic carbocycles. The topological polar surface area (TPSA) is 38.7 Å². The molecule has 0 atom stereocenters. The van der Waals surface area contributed by atoms with Crippen molar-refractivity contribution >= 4 is 5.57 Å². The molecular weight excluding hydrogens is 264 g/mol. The minimum absolute atomic E-state index is 0.209. The molecule has 0 radical (unpaired) electrons. The van der Waals surface area contributed by atoms with Crippen LogP contribution in [0.5, 0.6) is 17.2 Å². The number of methoxy groups -OCH3 is 1. The van der Waals surface area contributed by atoms with Crippen LogP contribution < -0.4 is 9.47 Å². The molecule has 0 saturated heterocycles. The number of phenolic OH excluding ortho intramolecular Hbond substituents is 1. The summed E-state index contributed by atoms with van der Waals surface area (Å²) in [6.07, 6.45) is 2.11. The van der Waals surface area contributed by atoms with E-state index in [1.54, 1.807) is 19.2 Å². The third-order valence-corrected chi connectivity index (χ3v) is 3.52. The molecule has 0 fully saturated rings. The second-order valence-corrected chi connectivity index (χ2v) is 5.67. The average molecular weight is 282 g/mol. The van der Waals surface area contributed by atoms with Crippen LogP contribution in [0.15, 0.2) is 48.5 Å². The van der Waals surface area contributed by atoms with Gasteiger partial charge in [0.15, 0.2) is 0 Å². The molecule has 0 bridgehead atoms. The van der Waals surface area contributed by atoms with Crippen molar-refractivity contribution in [1.82, 2.24) is 0 Å². The summed E-state index contributed by atoms with van der Waals surface area (Å²) in [6, 6.07) is 13.2. The van der Waals surface area contributed by atoms with Crippen molar-refractivity contribution in [3.8, 4) is 17.2 Å². The summed E-state index contributed by atoms with van der Waals surface area (Å²) in [5, 5.41) is 9.67. The van der Waals surface area contributed by atoms with Gasteiger partial charge in [-0.15, -0.1) is 0 Å². The first-order valence-corrected chi connectivity index (χ1v) is 6.88. The van der Waals surface area contributed by atoms with Gasteiger partial charge in [-0.05, 0) is 55.3 Å². The molecule has 0 aromatic heterocycles. The quantitative estimate of drug-likeness (QED) is 0.904. The smallest absolute Gasteiger partial charge is 0.132 e. The highest BCUT2D eigenvalue weighted by Gasteiger charge is 2.27. The van der Waals surface area contributed by atoms with Gasteiger partial charge in [-0.25, -0.2) is 0 Å². The van der Waals surface area contributed by atoms with Crippen molar-refractivity contribution in [2.24, 2.45) is 0 Å². The zero-order chi connectivity index (χ0) is 15.0. The Labute approximate surface area is 124 Å². The molecule has 1 aliphatic rings. The van der Waals surface area contributed by atoms with E-state index in [0.29, 0.717) is 5.75 Å². The molecule has 0 saturated carbocycles. The van der Waals surface area contributed by atoms with Crippen LogP contribution in [0.4, 0.5) is 0 Å². The molecule has 3 heteroatoms. The highest BCUT2D eigenvalue weighted by molar-refractivity contribution is 5.85. The van der Waals surface area contributed by atoms with Gasteiger partial charge in [0.25, 0.3) is 0 Å². The Kier molecular flexibility index (Phi) is 3.13. The predicted molar refractivity (Wildman–Crippen MR) is 82.9 cm³/mol. The maximum absolute atomic E-state index is 9.67. The number of hydrogen-bond acceptors (Lipinski definition) is 3. The molecule has 3 nitrogen and oxygen atoms in total. The predicted octanol–water partition coefficient (Wildman–Crippen LogP) is 4.00. The van der Waals surface area contributed by atoms with Gasteiger partial charge in [-0.3, -0.25) is 0 Å². The summed E-state index contributed by atoms with van der Waals surface area (Å²) < 4.78 is 11.1. The second-order valence-electron chi connectivity index (χ2n) is 5.67. The first-order chi connectivity index (χ1) is 9.98. The normalized spacial score (nSPS) is 15.7. The summed E-state index contributed by atoms with van der Waals surface area (Å²) in [5.41, 5.74) is 2.76. The lowest BCUT2D eigenvalue weighted by Crippen LogP contribution is -2.29. The summed E-state index contributed by atoms with van der Waals surface area (Å²) >= 11 is 0. The Morgan fingerprint density at radius 2 is 1.76 bits per heavy atom.